The molecule has 0 spiro atoms. The molecule has 0 aliphatic carbocycles. The van der Waals surface area contributed by atoms with Crippen molar-refractivity contribution in [1.82, 2.24) is 14.2 Å². The number of rotatable bonds is 4. The lowest BCUT2D eigenvalue weighted by atomic mass is 10.3. The molecule has 1 aromatic heterocycles. The lowest BCUT2D eigenvalue weighted by Crippen LogP contribution is -2.50. The van der Waals surface area contributed by atoms with Crippen LogP contribution in [-0.2, 0) is 21.8 Å². The fraction of sp³-hybridized carbons (Fsp3) is 0.583. The normalized spacial score (nSPS) is 20.4. The molecule has 2 N–H and O–H groups in total. The molecule has 0 saturated carbocycles. The molecule has 9 heteroatoms. The lowest BCUT2D eigenvalue weighted by Gasteiger charge is -2.33. The number of aliphatic hydroxyl groups is 1. The standard InChI is InChI=1S/C12H19N3O5S/c1-13-12(17)11-5-10(6-14(11)2)21(18,19)15-3-4-20-8-9(15)7-16/h5-6,9,16H,3-4,7-8H2,1-2H3,(H,13,17). The van der Waals surface area contributed by atoms with Crippen LogP contribution in [-0.4, -0.2) is 67.8 Å². The average Bonchev–Trinajstić information content (AvgIpc) is 2.89. The minimum atomic E-state index is -3.77. The summed E-state index contributed by atoms with van der Waals surface area (Å²) in [6.45, 7) is 0.307. The molecule has 1 aliphatic heterocycles. The van der Waals surface area contributed by atoms with Gasteiger partial charge in [0, 0.05) is 26.8 Å². The van der Waals surface area contributed by atoms with Gasteiger partial charge < -0.3 is 19.7 Å². The van der Waals surface area contributed by atoms with E-state index in [4.69, 9.17) is 4.74 Å². The number of amides is 1. The number of aryl methyl sites for hydroxylation is 1. The molecular formula is C12H19N3O5S. The highest BCUT2D eigenvalue weighted by atomic mass is 32.2. The average molecular weight is 317 g/mol. The topological polar surface area (TPSA) is 101 Å². The molecule has 1 amide bonds. The molecule has 1 fully saturated rings. The first-order chi connectivity index (χ1) is 9.91. The van der Waals surface area contributed by atoms with Gasteiger partial charge in [-0.15, -0.1) is 0 Å². The van der Waals surface area contributed by atoms with E-state index in [-0.39, 0.29) is 42.9 Å². The van der Waals surface area contributed by atoms with E-state index in [1.807, 2.05) is 0 Å². The second-order valence-corrected chi connectivity index (χ2v) is 6.67. The summed E-state index contributed by atoms with van der Waals surface area (Å²) in [5, 5.41) is 11.8. The van der Waals surface area contributed by atoms with Gasteiger partial charge in [0.25, 0.3) is 5.91 Å². The zero-order valence-electron chi connectivity index (χ0n) is 11.9. The van der Waals surface area contributed by atoms with Crippen LogP contribution < -0.4 is 5.32 Å². The molecule has 2 rings (SSSR count). The van der Waals surface area contributed by atoms with Crippen LogP contribution in [0.15, 0.2) is 17.2 Å². The van der Waals surface area contributed by atoms with Crippen molar-refractivity contribution in [2.45, 2.75) is 10.9 Å². The maximum Gasteiger partial charge on any atom is 0.267 e. The molecular weight excluding hydrogens is 298 g/mol. The van der Waals surface area contributed by atoms with E-state index in [1.54, 1.807) is 7.05 Å². The largest absolute Gasteiger partial charge is 0.395 e. The maximum absolute atomic E-state index is 12.6. The first kappa shape index (κ1) is 16.0. The zero-order valence-corrected chi connectivity index (χ0v) is 12.8. The van der Waals surface area contributed by atoms with E-state index < -0.39 is 16.1 Å². The van der Waals surface area contributed by atoms with Gasteiger partial charge in [-0.2, -0.15) is 4.31 Å². The molecule has 21 heavy (non-hydrogen) atoms. The highest BCUT2D eigenvalue weighted by Crippen LogP contribution is 2.22. The quantitative estimate of drug-likeness (QED) is 0.724. The van der Waals surface area contributed by atoms with E-state index in [2.05, 4.69) is 5.32 Å². The predicted molar refractivity (Wildman–Crippen MR) is 74.4 cm³/mol. The van der Waals surface area contributed by atoms with Gasteiger partial charge >= 0.3 is 0 Å². The van der Waals surface area contributed by atoms with Crippen LogP contribution in [0.1, 0.15) is 10.5 Å². The highest BCUT2D eigenvalue weighted by molar-refractivity contribution is 7.89. The van der Waals surface area contributed by atoms with Crippen LogP contribution in [0.3, 0.4) is 0 Å². The van der Waals surface area contributed by atoms with E-state index in [0.717, 1.165) is 0 Å². The first-order valence-corrected chi connectivity index (χ1v) is 7.94. The second-order valence-electron chi connectivity index (χ2n) is 4.78. The third-order valence-corrected chi connectivity index (χ3v) is 5.35. The predicted octanol–water partition coefficient (Wildman–Crippen LogP) is -1.23. The molecule has 0 radical (unpaired) electrons. The smallest absolute Gasteiger partial charge is 0.267 e. The van der Waals surface area contributed by atoms with E-state index in [1.165, 1.54) is 28.2 Å². The molecule has 8 nitrogen and oxygen atoms in total. The van der Waals surface area contributed by atoms with Gasteiger partial charge in [0.2, 0.25) is 10.0 Å². The molecule has 1 aromatic rings. The van der Waals surface area contributed by atoms with Gasteiger partial charge in [0.05, 0.1) is 25.9 Å². The van der Waals surface area contributed by atoms with Gasteiger partial charge in [0.1, 0.15) is 10.6 Å². The van der Waals surface area contributed by atoms with Crippen molar-refractivity contribution in [2.75, 3.05) is 33.4 Å². The van der Waals surface area contributed by atoms with Crippen molar-refractivity contribution in [1.29, 1.82) is 0 Å². The molecule has 0 bridgehead atoms. The Morgan fingerprint density at radius 3 is 2.90 bits per heavy atom. The number of morpholine rings is 1. The van der Waals surface area contributed by atoms with E-state index in [9.17, 15) is 18.3 Å². The Morgan fingerprint density at radius 1 is 1.57 bits per heavy atom. The van der Waals surface area contributed by atoms with Crippen molar-refractivity contribution in [3.05, 3.63) is 18.0 Å². The number of nitrogens with one attached hydrogen (secondary N) is 1. The van der Waals surface area contributed by atoms with Gasteiger partial charge in [-0.3, -0.25) is 4.79 Å². The number of carbonyl (C=O) groups excluding carboxylic acids is 1. The van der Waals surface area contributed by atoms with Crippen LogP contribution >= 0.6 is 0 Å². The third-order valence-electron chi connectivity index (χ3n) is 3.43. The van der Waals surface area contributed by atoms with Crippen molar-refractivity contribution in [2.24, 2.45) is 7.05 Å². The Balaban J connectivity index is 2.37. The first-order valence-electron chi connectivity index (χ1n) is 6.50. The van der Waals surface area contributed by atoms with Crippen LogP contribution in [0.4, 0.5) is 0 Å². The monoisotopic (exact) mass is 317 g/mol. The molecule has 1 saturated heterocycles. The Hall–Kier alpha value is -1.42. The third kappa shape index (κ3) is 2.95. The fourth-order valence-electron chi connectivity index (χ4n) is 2.26. The molecule has 0 aromatic carbocycles. The summed E-state index contributed by atoms with van der Waals surface area (Å²) in [5.41, 5.74) is 0.255. The minimum absolute atomic E-state index is 0.0314. The highest BCUT2D eigenvalue weighted by Gasteiger charge is 2.34. The molecule has 2 heterocycles. The molecule has 1 aliphatic rings. The van der Waals surface area contributed by atoms with Gasteiger partial charge in [-0.25, -0.2) is 8.42 Å². The van der Waals surface area contributed by atoms with Gasteiger partial charge in [-0.1, -0.05) is 0 Å². The summed E-state index contributed by atoms with van der Waals surface area (Å²) in [6.07, 6.45) is 1.39. The van der Waals surface area contributed by atoms with E-state index in [0.29, 0.717) is 0 Å². The van der Waals surface area contributed by atoms with Crippen molar-refractivity contribution >= 4 is 15.9 Å². The van der Waals surface area contributed by atoms with Gasteiger partial charge in [0.15, 0.2) is 0 Å². The fourth-order valence-corrected chi connectivity index (χ4v) is 3.92. The van der Waals surface area contributed by atoms with Gasteiger partial charge in [-0.05, 0) is 6.07 Å². The number of sulfonamides is 1. The summed E-state index contributed by atoms with van der Waals surface area (Å²) in [6, 6.07) is 0.727. The number of hydrogen-bond donors (Lipinski definition) is 2. The van der Waals surface area contributed by atoms with Crippen LogP contribution in [0, 0.1) is 0 Å². The SMILES string of the molecule is CNC(=O)c1cc(S(=O)(=O)N2CCOCC2CO)cn1C. The summed E-state index contributed by atoms with van der Waals surface area (Å²) in [7, 11) is -0.691. The summed E-state index contributed by atoms with van der Waals surface area (Å²) >= 11 is 0. The lowest BCUT2D eigenvalue weighted by molar-refractivity contribution is 0.0109. The number of hydrogen-bond acceptors (Lipinski definition) is 5. The summed E-state index contributed by atoms with van der Waals surface area (Å²) in [5.74, 6) is -0.361. The van der Waals surface area contributed by atoms with Crippen LogP contribution in [0.5, 0.6) is 0 Å². The van der Waals surface area contributed by atoms with Crippen molar-refractivity contribution < 1.29 is 23.1 Å². The Kier molecular flexibility index (Phi) is 4.67. The van der Waals surface area contributed by atoms with Crippen LogP contribution in [0.25, 0.3) is 0 Å². The maximum atomic E-state index is 12.6. The molecule has 1 unspecified atom stereocenters. The Labute approximate surface area is 123 Å². The number of nitrogens with zero attached hydrogens (tertiary/aromatic N) is 2. The number of carbonyl (C=O) groups is 1. The van der Waals surface area contributed by atoms with Crippen molar-refractivity contribution in [3.63, 3.8) is 0 Å². The minimum Gasteiger partial charge on any atom is -0.395 e. The molecule has 118 valence electrons. The van der Waals surface area contributed by atoms with E-state index >= 15 is 0 Å². The molecule has 1 atom stereocenters. The zero-order chi connectivity index (χ0) is 15.6. The number of ether oxygens (including phenoxy) is 1. The van der Waals surface area contributed by atoms with Crippen molar-refractivity contribution in [3.8, 4) is 0 Å². The number of aromatic nitrogens is 1. The second kappa shape index (κ2) is 6.14. The summed E-state index contributed by atoms with van der Waals surface area (Å²) < 4.78 is 33.2. The Bertz CT molecular complexity index is 625. The summed E-state index contributed by atoms with van der Waals surface area (Å²) in [4.78, 5) is 11.7. The Morgan fingerprint density at radius 2 is 2.29 bits per heavy atom. The van der Waals surface area contributed by atoms with Crippen LogP contribution in [0.2, 0.25) is 0 Å². The number of aliphatic hydroxyl groups excluding tert-OH is 1.